The number of halogens is 1. The Morgan fingerprint density at radius 3 is 2.62 bits per heavy atom. The van der Waals surface area contributed by atoms with Gasteiger partial charge >= 0.3 is 0 Å². The minimum absolute atomic E-state index is 0.0183. The molecule has 2 N–H and O–H groups in total. The molecule has 0 radical (unpaired) electrons. The van der Waals surface area contributed by atoms with Crippen LogP contribution >= 0.6 is 0 Å². The number of benzene rings is 1. The van der Waals surface area contributed by atoms with Gasteiger partial charge in [-0.15, -0.1) is 0 Å². The Morgan fingerprint density at radius 1 is 1.29 bits per heavy atom. The van der Waals surface area contributed by atoms with Crippen molar-refractivity contribution in [1.82, 2.24) is 19.7 Å². The molecule has 124 valence electrons. The second kappa shape index (κ2) is 6.67. The van der Waals surface area contributed by atoms with E-state index >= 15 is 0 Å². The van der Waals surface area contributed by atoms with Gasteiger partial charge < -0.3 is 15.0 Å². The van der Waals surface area contributed by atoms with Gasteiger partial charge in [0.25, 0.3) is 5.91 Å². The lowest BCUT2D eigenvalue weighted by atomic mass is 10.1. The molecule has 0 saturated carbocycles. The molecule has 0 fully saturated rings. The van der Waals surface area contributed by atoms with Crippen LogP contribution in [0.15, 0.2) is 55.0 Å². The van der Waals surface area contributed by atoms with Gasteiger partial charge in [0.2, 0.25) is 0 Å². The van der Waals surface area contributed by atoms with Crippen molar-refractivity contribution in [3.63, 3.8) is 0 Å². The third-order valence-corrected chi connectivity index (χ3v) is 3.71. The second-order valence-corrected chi connectivity index (χ2v) is 5.37. The summed E-state index contributed by atoms with van der Waals surface area (Å²) in [4.78, 5) is 12.4. The number of hydrogen-bond donors (Lipinski definition) is 2. The van der Waals surface area contributed by atoms with E-state index in [1.54, 1.807) is 16.3 Å². The summed E-state index contributed by atoms with van der Waals surface area (Å²) >= 11 is 0. The number of aliphatic hydroxyl groups excluding tert-OH is 1. The summed E-state index contributed by atoms with van der Waals surface area (Å²) in [5.74, 6) is -0.0801. The van der Waals surface area contributed by atoms with Gasteiger partial charge in [-0.3, -0.25) is 9.48 Å². The molecule has 0 aliphatic carbocycles. The van der Waals surface area contributed by atoms with Crippen molar-refractivity contribution in [3.05, 3.63) is 71.9 Å². The fourth-order valence-electron chi connectivity index (χ4n) is 2.46. The summed E-state index contributed by atoms with van der Waals surface area (Å²) in [6.45, 7) is 0.0183. The summed E-state index contributed by atoms with van der Waals surface area (Å²) in [7, 11) is 1.75. The van der Waals surface area contributed by atoms with Crippen LogP contribution in [0.5, 0.6) is 0 Å². The molecule has 1 amide bonds. The third-order valence-electron chi connectivity index (χ3n) is 3.71. The third kappa shape index (κ3) is 3.21. The Hall–Kier alpha value is -2.93. The van der Waals surface area contributed by atoms with Gasteiger partial charge in [-0.1, -0.05) is 12.1 Å². The van der Waals surface area contributed by atoms with Gasteiger partial charge in [-0.05, 0) is 29.8 Å². The molecule has 1 atom stereocenters. The first kappa shape index (κ1) is 15.9. The molecule has 3 aromatic rings. The smallest absolute Gasteiger partial charge is 0.256 e. The molecular formula is C17H17FN4O2. The number of carbonyl (C=O) groups excluding carboxylic acids is 1. The number of aromatic nitrogens is 3. The van der Waals surface area contributed by atoms with E-state index in [9.17, 15) is 14.3 Å². The van der Waals surface area contributed by atoms with Crippen LogP contribution < -0.4 is 5.32 Å². The Labute approximate surface area is 138 Å². The number of rotatable bonds is 5. The second-order valence-electron chi connectivity index (χ2n) is 5.37. The number of aliphatic hydroxyl groups is 1. The lowest BCUT2D eigenvalue weighted by Crippen LogP contribution is -2.29. The van der Waals surface area contributed by atoms with Gasteiger partial charge in [0.1, 0.15) is 17.2 Å². The van der Waals surface area contributed by atoms with E-state index < -0.39 is 6.10 Å². The van der Waals surface area contributed by atoms with E-state index in [1.807, 2.05) is 24.5 Å². The van der Waals surface area contributed by atoms with Gasteiger partial charge in [-0.2, -0.15) is 5.10 Å². The normalized spacial score (nSPS) is 12.1. The van der Waals surface area contributed by atoms with Crippen LogP contribution in [0, 0.1) is 5.82 Å². The molecule has 1 aromatic carbocycles. The van der Waals surface area contributed by atoms with Gasteiger partial charge in [0.05, 0.1) is 12.3 Å². The fourth-order valence-corrected chi connectivity index (χ4v) is 2.46. The average molecular weight is 328 g/mol. The molecule has 3 rings (SSSR count). The predicted molar refractivity (Wildman–Crippen MR) is 86.2 cm³/mol. The van der Waals surface area contributed by atoms with Gasteiger partial charge in [0, 0.05) is 26.0 Å². The minimum Gasteiger partial charge on any atom is -0.387 e. The number of nitrogens with zero attached hydrogens (tertiary/aromatic N) is 3. The quantitative estimate of drug-likeness (QED) is 0.750. The highest BCUT2D eigenvalue weighted by Crippen LogP contribution is 2.15. The molecule has 7 heteroatoms. The van der Waals surface area contributed by atoms with Gasteiger partial charge in [0.15, 0.2) is 0 Å². The van der Waals surface area contributed by atoms with Crippen LogP contribution in [0.4, 0.5) is 4.39 Å². The SMILES string of the molecule is Cn1ncc(C(=O)NCC(O)c2ccc(F)cc2)c1-n1cccc1. The van der Waals surface area contributed by atoms with E-state index in [0.29, 0.717) is 16.9 Å². The van der Waals surface area contributed by atoms with Crippen molar-refractivity contribution >= 4 is 5.91 Å². The molecule has 0 bridgehead atoms. The number of hydrogen-bond acceptors (Lipinski definition) is 3. The van der Waals surface area contributed by atoms with Crippen molar-refractivity contribution in [3.8, 4) is 5.82 Å². The molecule has 1 unspecified atom stereocenters. The minimum atomic E-state index is -0.916. The monoisotopic (exact) mass is 328 g/mol. The number of amides is 1. The summed E-state index contributed by atoms with van der Waals surface area (Å²) in [6, 6.07) is 9.22. The van der Waals surface area contributed by atoms with Crippen molar-refractivity contribution in [2.24, 2.45) is 7.05 Å². The molecular weight excluding hydrogens is 311 g/mol. The summed E-state index contributed by atoms with van der Waals surface area (Å²) < 4.78 is 16.3. The topological polar surface area (TPSA) is 72.1 Å². The molecule has 0 aliphatic rings. The average Bonchev–Trinajstić information content (AvgIpc) is 3.22. The van der Waals surface area contributed by atoms with Crippen molar-refractivity contribution in [1.29, 1.82) is 0 Å². The highest BCUT2D eigenvalue weighted by Gasteiger charge is 2.18. The van der Waals surface area contributed by atoms with Crippen LogP contribution in [-0.4, -0.2) is 31.9 Å². The summed E-state index contributed by atoms with van der Waals surface area (Å²) in [5.41, 5.74) is 0.938. The maximum Gasteiger partial charge on any atom is 0.256 e. The molecule has 24 heavy (non-hydrogen) atoms. The molecule has 6 nitrogen and oxygen atoms in total. The largest absolute Gasteiger partial charge is 0.387 e. The first-order valence-corrected chi connectivity index (χ1v) is 7.43. The molecule has 0 spiro atoms. The van der Waals surface area contributed by atoms with Crippen LogP contribution in [0.1, 0.15) is 22.0 Å². The molecule has 2 aromatic heterocycles. The molecule has 0 aliphatic heterocycles. The number of nitrogens with one attached hydrogen (secondary N) is 1. The first-order valence-electron chi connectivity index (χ1n) is 7.43. The van der Waals surface area contributed by atoms with Crippen LogP contribution in [-0.2, 0) is 7.05 Å². The van der Waals surface area contributed by atoms with Crippen molar-refractivity contribution in [2.75, 3.05) is 6.54 Å². The molecule has 2 heterocycles. The Bertz CT molecular complexity index is 825. The number of carbonyl (C=O) groups is 1. The van der Waals surface area contributed by atoms with E-state index in [1.165, 1.54) is 30.5 Å². The highest BCUT2D eigenvalue weighted by atomic mass is 19.1. The first-order chi connectivity index (χ1) is 11.6. The lowest BCUT2D eigenvalue weighted by Gasteiger charge is -2.13. The number of aryl methyl sites for hydroxylation is 1. The summed E-state index contributed by atoms with van der Waals surface area (Å²) in [6.07, 6.45) is 4.21. The Balaban J connectivity index is 1.71. The zero-order chi connectivity index (χ0) is 17.1. The highest BCUT2D eigenvalue weighted by molar-refractivity contribution is 5.97. The van der Waals surface area contributed by atoms with Gasteiger partial charge in [-0.25, -0.2) is 4.39 Å². The molecule has 0 saturated heterocycles. The van der Waals surface area contributed by atoms with E-state index in [-0.39, 0.29) is 18.3 Å². The van der Waals surface area contributed by atoms with Crippen LogP contribution in [0.25, 0.3) is 5.82 Å². The maximum atomic E-state index is 12.9. The van der Waals surface area contributed by atoms with Crippen LogP contribution in [0.3, 0.4) is 0 Å². The van der Waals surface area contributed by atoms with Crippen molar-refractivity contribution in [2.45, 2.75) is 6.10 Å². The summed E-state index contributed by atoms with van der Waals surface area (Å²) in [5, 5.41) is 16.9. The predicted octanol–water partition coefficient (Wildman–Crippen LogP) is 1.81. The lowest BCUT2D eigenvalue weighted by molar-refractivity contribution is 0.0916. The Morgan fingerprint density at radius 2 is 1.96 bits per heavy atom. The van der Waals surface area contributed by atoms with Crippen LogP contribution in [0.2, 0.25) is 0 Å². The van der Waals surface area contributed by atoms with E-state index in [2.05, 4.69) is 10.4 Å². The van der Waals surface area contributed by atoms with E-state index in [0.717, 1.165) is 0 Å². The fraction of sp³-hybridized carbons (Fsp3) is 0.176. The Kier molecular flexibility index (Phi) is 4.43. The van der Waals surface area contributed by atoms with Crippen molar-refractivity contribution < 1.29 is 14.3 Å². The zero-order valence-electron chi connectivity index (χ0n) is 13.1. The zero-order valence-corrected chi connectivity index (χ0v) is 13.1. The van der Waals surface area contributed by atoms with E-state index in [4.69, 9.17) is 0 Å². The standard InChI is InChI=1S/C17H17FN4O2/c1-21-17(22-8-2-3-9-22)14(10-20-21)16(24)19-11-15(23)12-4-6-13(18)7-5-12/h2-10,15,23H,11H2,1H3,(H,19,24). The maximum absolute atomic E-state index is 12.9.